The first kappa shape index (κ1) is 25.0. The van der Waals surface area contributed by atoms with Crippen molar-refractivity contribution in [2.24, 2.45) is 5.41 Å². The lowest BCUT2D eigenvalue weighted by Gasteiger charge is -2.42. The van der Waals surface area contributed by atoms with Gasteiger partial charge in [-0.1, -0.05) is 38.7 Å². The lowest BCUT2D eigenvalue weighted by Crippen LogP contribution is -2.47. The number of hydrogen-bond donors (Lipinski definition) is 1. The number of benzene rings is 1. The molecule has 0 amide bonds. The second kappa shape index (κ2) is 12.0. The second-order valence-electron chi connectivity index (χ2n) is 8.68. The van der Waals surface area contributed by atoms with Crippen molar-refractivity contribution in [1.82, 2.24) is 0 Å². The predicted octanol–water partition coefficient (Wildman–Crippen LogP) is 5.34. The van der Waals surface area contributed by atoms with Gasteiger partial charge in [0.15, 0.2) is 11.5 Å². The van der Waals surface area contributed by atoms with Crippen LogP contribution in [0.4, 0.5) is 0 Å². The van der Waals surface area contributed by atoms with Gasteiger partial charge in [0.25, 0.3) is 0 Å². The molecule has 6 nitrogen and oxygen atoms in total. The van der Waals surface area contributed by atoms with Crippen molar-refractivity contribution >= 4 is 11.9 Å². The fraction of sp³-hybridized carbons (Fsp3) is 0.680. The van der Waals surface area contributed by atoms with Crippen LogP contribution in [0, 0.1) is 5.41 Å². The minimum atomic E-state index is -0.355. The zero-order valence-electron chi connectivity index (χ0n) is 19.4. The van der Waals surface area contributed by atoms with Crippen molar-refractivity contribution in [2.45, 2.75) is 97.2 Å². The zero-order valence-corrected chi connectivity index (χ0v) is 19.4. The Kier molecular flexibility index (Phi) is 9.66. The van der Waals surface area contributed by atoms with Gasteiger partial charge in [-0.25, -0.2) is 0 Å². The molecule has 1 N–H and O–H groups in total. The Morgan fingerprint density at radius 3 is 2.19 bits per heavy atom. The Bertz CT molecular complexity index is 723. The number of hydrogen-bond acceptors (Lipinski definition) is 6. The van der Waals surface area contributed by atoms with Gasteiger partial charge in [0.1, 0.15) is 12.2 Å². The molecule has 0 heterocycles. The highest BCUT2D eigenvalue weighted by Crippen LogP contribution is 2.49. The van der Waals surface area contributed by atoms with E-state index in [0.29, 0.717) is 18.6 Å². The van der Waals surface area contributed by atoms with Crippen molar-refractivity contribution in [3.8, 4) is 11.5 Å². The molecular formula is C25H38O6. The van der Waals surface area contributed by atoms with E-state index in [1.165, 1.54) is 21.0 Å². The summed E-state index contributed by atoms with van der Waals surface area (Å²) in [5.41, 5.74) is 0.640. The van der Waals surface area contributed by atoms with Gasteiger partial charge >= 0.3 is 11.9 Å². The summed E-state index contributed by atoms with van der Waals surface area (Å²) >= 11 is 0. The van der Waals surface area contributed by atoms with Crippen molar-refractivity contribution in [3.05, 3.63) is 23.8 Å². The highest BCUT2D eigenvalue weighted by Gasteiger charge is 2.50. The Hall–Kier alpha value is -2.24. The van der Waals surface area contributed by atoms with Gasteiger partial charge in [-0.3, -0.25) is 9.59 Å². The summed E-state index contributed by atoms with van der Waals surface area (Å²) in [5, 5.41) is 9.86. The van der Waals surface area contributed by atoms with Crippen molar-refractivity contribution < 1.29 is 28.9 Å². The maximum absolute atomic E-state index is 12.0. The minimum Gasteiger partial charge on any atom is -0.504 e. The molecule has 1 aromatic rings. The molecule has 1 aromatic carbocycles. The average Bonchev–Trinajstić information content (AvgIpc) is 3.22. The number of phenols is 1. The van der Waals surface area contributed by atoms with E-state index >= 15 is 0 Å². The molecule has 1 fully saturated rings. The third-order valence-corrected chi connectivity index (χ3v) is 6.44. The van der Waals surface area contributed by atoms with Gasteiger partial charge in [-0.2, -0.15) is 0 Å². The molecule has 1 saturated carbocycles. The number of esters is 2. The van der Waals surface area contributed by atoms with Crippen LogP contribution < -0.4 is 4.74 Å². The molecule has 0 aliphatic heterocycles. The Balaban J connectivity index is 2.28. The number of aryl methyl sites for hydroxylation is 1. The predicted molar refractivity (Wildman–Crippen MR) is 119 cm³/mol. The van der Waals surface area contributed by atoms with Crippen LogP contribution in [0.2, 0.25) is 0 Å². The van der Waals surface area contributed by atoms with Gasteiger partial charge in [0.05, 0.1) is 7.11 Å². The molecule has 2 atom stereocenters. The maximum atomic E-state index is 12.0. The number of methoxy groups -OCH3 is 1. The largest absolute Gasteiger partial charge is 0.504 e. The van der Waals surface area contributed by atoms with E-state index in [1.807, 2.05) is 12.1 Å². The number of carbonyl (C=O) groups is 2. The van der Waals surface area contributed by atoms with Crippen LogP contribution in [-0.4, -0.2) is 36.4 Å². The molecule has 0 aromatic heterocycles. The molecule has 0 bridgehead atoms. The van der Waals surface area contributed by atoms with Gasteiger partial charge in [-0.05, 0) is 56.2 Å². The minimum absolute atomic E-state index is 0.0981. The maximum Gasteiger partial charge on any atom is 0.302 e. The first-order valence-corrected chi connectivity index (χ1v) is 11.5. The van der Waals surface area contributed by atoms with Gasteiger partial charge in [-0.15, -0.1) is 0 Å². The molecule has 174 valence electrons. The van der Waals surface area contributed by atoms with E-state index in [1.54, 1.807) is 6.07 Å². The fourth-order valence-electron chi connectivity index (χ4n) is 4.97. The third kappa shape index (κ3) is 6.88. The smallest absolute Gasteiger partial charge is 0.302 e. The standard InChI is InChI=1S/C25H38O6/c1-5-6-7-10-23(30-18(2)26)25(15-8-9-16-25)24(31-19(3)27)14-12-20-11-13-21(28)22(17-20)29-4/h11,13,17,23-24,28H,5-10,12,14-16H2,1-4H3/t23-,24+/m1/s1. The normalized spacial score (nSPS) is 17.0. The summed E-state index contributed by atoms with van der Waals surface area (Å²) in [6.07, 6.45) is 8.49. The average molecular weight is 435 g/mol. The zero-order chi connectivity index (χ0) is 22.9. The third-order valence-electron chi connectivity index (χ3n) is 6.44. The van der Waals surface area contributed by atoms with E-state index in [9.17, 15) is 14.7 Å². The van der Waals surface area contributed by atoms with Crippen LogP contribution in [0.5, 0.6) is 11.5 Å². The number of phenolic OH excluding ortho intramolecular Hbond substituents is 1. The van der Waals surface area contributed by atoms with Crippen molar-refractivity contribution in [2.75, 3.05) is 7.11 Å². The highest BCUT2D eigenvalue weighted by molar-refractivity contribution is 5.67. The van der Waals surface area contributed by atoms with E-state index in [4.69, 9.17) is 14.2 Å². The number of rotatable bonds is 12. The number of ether oxygens (including phenoxy) is 3. The van der Waals surface area contributed by atoms with E-state index < -0.39 is 0 Å². The molecule has 1 aliphatic carbocycles. The van der Waals surface area contributed by atoms with Gasteiger partial charge in [0.2, 0.25) is 0 Å². The first-order valence-electron chi connectivity index (χ1n) is 11.5. The summed E-state index contributed by atoms with van der Waals surface area (Å²) in [6.45, 7) is 5.05. The first-order chi connectivity index (χ1) is 14.8. The van der Waals surface area contributed by atoms with E-state index in [2.05, 4.69) is 6.92 Å². The summed E-state index contributed by atoms with van der Waals surface area (Å²) < 4.78 is 17.0. The van der Waals surface area contributed by atoms with Crippen LogP contribution in [0.3, 0.4) is 0 Å². The molecule has 0 saturated heterocycles. The molecule has 0 radical (unpaired) electrons. The topological polar surface area (TPSA) is 82.1 Å². The van der Waals surface area contributed by atoms with Crippen molar-refractivity contribution in [3.63, 3.8) is 0 Å². The number of aromatic hydroxyl groups is 1. The molecule has 0 unspecified atom stereocenters. The summed E-state index contributed by atoms with van der Waals surface area (Å²) in [4.78, 5) is 24.0. The summed E-state index contributed by atoms with van der Waals surface area (Å²) in [6, 6.07) is 5.29. The SMILES string of the molecule is CCCCC[C@@H](OC(C)=O)C1([C@H](CCc2ccc(O)c(OC)c2)OC(C)=O)CCCC1. The molecular weight excluding hydrogens is 396 g/mol. The molecule has 31 heavy (non-hydrogen) atoms. The van der Waals surface area contributed by atoms with Crippen LogP contribution in [0.15, 0.2) is 18.2 Å². The Morgan fingerprint density at radius 2 is 1.65 bits per heavy atom. The number of carbonyl (C=O) groups excluding carboxylic acids is 2. The molecule has 1 aliphatic rings. The molecule has 6 heteroatoms. The lowest BCUT2D eigenvalue weighted by molar-refractivity contribution is -0.174. The molecule has 0 spiro atoms. The summed E-state index contributed by atoms with van der Waals surface area (Å²) in [7, 11) is 1.52. The summed E-state index contributed by atoms with van der Waals surface area (Å²) in [5.74, 6) is -0.0670. The quantitative estimate of drug-likeness (QED) is 0.353. The van der Waals surface area contributed by atoms with E-state index in [-0.39, 0.29) is 35.3 Å². The lowest BCUT2D eigenvalue weighted by atomic mass is 9.71. The molecule has 2 rings (SSSR count). The van der Waals surface area contributed by atoms with Crippen molar-refractivity contribution in [1.29, 1.82) is 0 Å². The number of unbranched alkanes of at least 4 members (excludes halogenated alkanes) is 2. The van der Waals surface area contributed by atoms with E-state index in [0.717, 1.165) is 56.9 Å². The Labute approximate surface area is 186 Å². The van der Waals surface area contributed by atoms with Gasteiger partial charge < -0.3 is 19.3 Å². The van der Waals surface area contributed by atoms with Crippen LogP contribution in [0.25, 0.3) is 0 Å². The fourth-order valence-corrected chi connectivity index (χ4v) is 4.97. The monoisotopic (exact) mass is 434 g/mol. The highest BCUT2D eigenvalue weighted by atomic mass is 16.6. The van der Waals surface area contributed by atoms with Crippen LogP contribution in [0.1, 0.15) is 84.1 Å². The van der Waals surface area contributed by atoms with Crippen LogP contribution in [-0.2, 0) is 25.5 Å². The Morgan fingerprint density at radius 1 is 1.03 bits per heavy atom. The van der Waals surface area contributed by atoms with Crippen LogP contribution >= 0.6 is 0 Å². The van der Waals surface area contributed by atoms with Gasteiger partial charge in [0, 0.05) is 19.3 Å². The second-order valence-corrected chi connectivity index (χ2v) is 8.68.